The number of unbranched alkanes of at least 4 members (excludes halogenated alkanes) is 6. The molecule has 0 spiro atoms. The summed E-state index contributed by atoms with van der Waals surface area (Å²) < 4.78 is 1.78. The molecule has 1 heterocycles. The van der Waals surface area contributed by atoms with Crippen LogP contribution >= 0.6 is 0 Å². The second kappa shape index (κ2) is 8.30. The highest BCUT2D eigenvalue weighted by atomic mass is 16.3. The van der Waals surface area contributed by atoms with Crippen molar-refractivity contribution >= 4 is 0 Å². The van der Waals surface area contributed by atoms with E-state index in [1.165, 1.54) is 38.5 Å². The largest absolute Gasteiger partial charge is 0.388 e. The first kappa shape index (κ1) is 15.2. The summed E-state index contributed by atoms with van der Waals surface area (Å²) in [5.74, 6) is 0. The Labute approximate surface area is 111 Å². The molecule has 0 aliphatic heterocycles. The third-order valence-corrected chi connectivity index (χ3v) is 3.49. The Kier molecular flexibility index (Phi) is 7.02. The fourth-order valence-corrected chi connectivity index (χ4v) is 2.40. The van der Waals surface area contributed by atoms with Crippen molar-refractivity contribution in [3.05, 3.63) is 17.5 Å². The highest BCUT2D eigenvalue weighted by Gasteiger charge is 2.12. The first-order chi connectivity index (χ1) is 8.65. The van der Waals surface area contributed by atoms with E-state index >= 15 is 0 Å². The van der Waals surface area contributed by atoms with Gasteiger partial charge in [-0.25, -0.2) is 0 Å². The predicted octanol–water partition coefficient (Wildman–Crippen LogP) is 3.90. The summed E-state index contributed by atoms with van der Waals surface area (Å²) in [6.07, 6.45) is 11.5. The van der Waals surface area contributed by atoms with Crippen molar-refractivity contribution in [1.82, 2.24) is 9.78 Å². The third kappa shape index (κ3) is 5.21. The van der Waals surface area contributed by atoms with Gasteiger partial charge in [0.25, 0.3) is 0 Å². The molecule has 1 N–H and O–H groups in total. The number of hydrogen-bond acceptors (Lipinski definition) is 2. The molecular weight excluding hydrogens is 224 g/mol. The van der Waals surface area contributed by atoms with Crippen LogP contribution in [0.2, 0.25) is 0 Å². The van der Waals surface area contributed by atoms with E-state index in [1.54, 1.807) is 4.68 Å². The lowest BCUT2D eigenvalue weighted by atomic mass is 10.0. The van der Waals surface area contributed by atoms with Gasteiger partial charge in [0.05, 0.1) is 11.8 Å². The van der Waals surface area contributed by atoms with Gasteiger partial charge < -0.3 is 5.11 Å². The minimum absolute atomic E-state index is 0.339. The molecule has 0 radical (unpaired) electrons. The fourth-order valence-electron chi connectivity index (χ4n) is 2.40. The molecule has 3 nitrogen and oxygen atoms in total. The Morgan fingerprint density at radius 3 is 2.33 bits per heavy atom. The molecular formula is C15H28N2O. The van der Waals surface area contributed by atoms with E-state index in [9.17, 15) is 5.11 Å². The average molecular weight is 252 g/mol. The summed E-state index contributed by atoms with van der Waals surface area (Å²) in [7, 11) is 1.90. The van der Waals surface area contributed by atoms with Gasteiger partial charge in [0, 0.05) is 18.8 Å². The molecule has 104 valence electrons. The molecule has 1 atom stereocenters. The van der Waals surface area contributed by atoms with Crippen molar-refractivity contribution in [2.45, 2.75) is 71.3 Å². The summed E-state index contributed by atoms with van der Waals surface area (Å²) in [6, 6.07) is 0. The molecule has 0 bridgehead atoms. The maximum atomic E-state index is 10.1. The molecule has 3 heteroatoms. The minimum atomic E-state index is -0.339. The van der Waals surface area contributed by atoms with E-state index in [-0.39, 0.29) is 6.10 Å². The Morgan fingerprint density at radius 2 is 1.78 bits per heavy atom. The standard InChI is InChI=1S/C15H28N2O/c1-4-5-6-7-8-9-10-11-15(18)14-12-17(3)16-13(14)2/h12,15,18H,4-11H2,1-3H3. The highest BCUT2D eigenvalue weighted by Crippen LogP contribution is 2.22. The van der Waals surface area contributed by atoms with Gasteiger partial charge in [0.15, 0.2) is 0 Å². The van der Waals surface area contributed by atoms with E-state index in [1.807, 2.05) is 20.2 Å². The van der Waals surface area contributed by atoms with Crippen LogP contribution in [0.25, 0.3) is 0 Å². The number of aromatic nitrogens is 2. The van der Waals surface area contributed by atoms with Gasteiger partial charge in [-0.15, -0.1) is 0 Å². The van der Waals surface area contributed by atoms with Crippen LogP contribution in [-0.2, 0) is 7.05 Å². The quantitative estimate of drug-likeness (QED) is 0.677. The van der Waals surface area contributed by atoms with Crippen molar-refractivity contribution < 1.29 is 5.11 Å². The van der Waals surface area contributed by atoms with Crippen LogP contribution in [0.15, 0.2) is 6.20 Å². The summed E-state index contributed by atoms with van der Waals surface area (Å²) in [5.41, 5.74) is 1.94. The van der Waals surface area contributed by atoms with Gasteiger partial charge in [0.1, 0.15) is 0 Å². The predicted molar refractivity (Wildman–Crippen MR) is 75.5 cm³/mol. The van der Waals surface area contributed by atoms with E-state index in [4.69, 9.17) is 0 Å². The molecule has 0 saturated carbocycles. The van der Waals surface area contributed by atoms with Crippen LogP contribution in [0.4, 0.5) is 0 Å². The fraction of sp³-hybridized carbons (Fsp3) is 0.800. The zero-order valence-corrected chi connectivity index (χ0v) is 12.2. The van der Waals surface area contributed by atoms with E-state index in [0.29, 0.717) is 0 Å². The third-order valence-electron chi connectivity index (χ3n) is 3.49. The van der Waals surface area contributed by atoms with Gasteiger partial charge in [-0.1, -0.05) is 51.9 Å². The van der Waals surface area contributed by atoms with Crippen LogP contribution in [0.1, 0.15) is 75.7 Å². The molecule has 1 aromatic rings. The first-order valence-electron chi connectivity index (χ1n) is 7.33. The maximum absolute atomic E-state index is 10.1. The molecule has 0 fully saturated rings. The van der Waals surface area contributed by atoms with Crippen LogP contribution in [0.5, 0.6) is 0 Å². The lowest BCUT2D eigenvalue weighted by molar-refractivity contribution is 0.162. The van der Waals surface area contributed by atoms with Crippen molar-refractivity contribution in [3.63, 3.8) is 0 Å². The SMILES string of the molecule is CCCCCCCCCC(O)c1cn(C)nc1C. The molecule has 1 aromatic heterocycles. The number of aryl methyl sites for hydroxylation is 2. The number of hydrogen-bond donors (Lipinski definition) is 1. The Hall–Kier alpha value is -0.830. The second-order valence-electron chi connectivity index (χ2n) is 5.27. The summed E-state index contributed by atoms with van der Waals surface area (Å²) >= 11 is 0. The second-order valence-corrected chi connectivity index (χ2v) is 5.27. The molecule has 0 amide bonds. The molecule has 1 rings (SSSR count). The zero-order chi connectivity index (χ0) is 13.4. The molecule has 0 aliphatic rings. The van der Waals surface area contributed by atoms with Crippen molar-refractivity contribution in [3.8, 4) is 0 Å². The summed E-state index contributed by atoms with van der Waals surface area (Å²) in [4.78, 5) is 0. The van der Waals surface area contributed by atoms with Crippen LogP contribution in [0.3, 0.4) is 0 Å². The minimum Gasteiger partial charge on any atom is -0.388 e. The Balaban J connectivity index is 2.14. The van der Waals surface area contributed by atoms with Gasteiger partial charge in [0.2, 0.25) is 0 Å². The molecule has 0 aliphatic carbocycles. The highest BCUT2D eigenvalue weighted by molar-refractivity contribution is 5.18. The molecule has 0 saturated heterocycles. The van der Waals surface area contributed by atoms with Crippen molar-refractivity contribution in [1.29, 1.82) is 0 Å². The lowest BCUT2D eigenvalue weighted by Crippen LogP contribution is -1.98. The van der Waals surface area contributed by atoms with Gasteiger partial charge >= 0.3 is 0 Å². The smallest absolute Gasteiger partial charge is 0.0823 e. The molecule has 18 heavy (non-hydrogen) atoms. The first-order valence-corrected chi connectivity index (χ1v) is 7.33. The normalized spacial score (nSPS) is 12.9. The van der Waals surface area contributed by atoms with Crippen LogP contribution in [0, 0.1) is 6.92 Å². The number of aliphatic hydroxyl groups excluding tert-OH is 1. The van der Waals surface area contributed by atoms with Crippen LogP contribution < -0.4 is 0 Å². The van der Waals surface area contributed by atoms with Crippen LogP contribution in [-0.4, -0.2) is 14.9 Å². The van der Waals surface area contributed by atoms with Gasteiger partial charge in [-0.2, -0.15) is 5.10 Å². The lowest BCUT2D eigenvalue weighted by Gasteiger charge is -2.09. The molecule has 1 unspecified atom stereocenters. The Morgan fingerprint density at radius 1 is 1.17 bits per heavy atom. The van der Waals surface area contributed by atoms with Gasteiger partial charge in [-0.05, 0) is 13.3 Å². The van der Waals surface area contributed by atoms with E-state index in [2.05, 4.69) is 12.0 Å². The van der Waals surface area contributed by atoms with Crippen molar-refractivity contribution in [2.75, 3.05) is 0 Å². The topological polar surface area (TPSA) is 38.0 Å². The van der Waals surface area contributed by atoms with E-state index < -0.39 is 0 Å². The zero-order valence-electron chi connectivity index (χ0n) is 12.2. The molecule has 0 aromatic carbocycles. The summed E-state index contributed by atoms with van der Waals surface area (Å²) in [6.45, 7) is 4.20. The summed E-state index contributed by atoms with van der Waals surface area (Å²) in [5, 5.41) is 14.4. The number of aliphatic hydroxyl groups is 1. The monoisotopic (exact) mass is 252 g/mol. The Bertz CT molecular complexity index is 333. The number of nitrogens with zero attached hydrogens (tertiary/aromatic N) is 2. The number of rotatable bonds is 9. The average Bonchev–Trinajstić information content (AvgIpc) is 2.67. The van der Waals surface area contributed by atoms with E-state index in [0.717, 1.165) is 24.1 Å². The van der Waals surface area contributed by atoms with Crippen molar-refractivity contribution in [2.24, 2.45) is 7.05 Å². The van der Waals surface area contributed by atoms with Gasteiger partial charge in [-0.3, -0.25) is 4.68 Å². The maximum Gasteiger partial charge on any atom is 0.0823 e.